The van der Waals surface area contributed by atoms with E-state index < -0.39 is 7.25 Å². The SMILES string of the molecule is F[B-](F)(F)F.[BaH2].[Tb]. The summed E-state index contributed by atoms with van der Waals surface area (Å²) in [6.07, 6.45) is 0. The van der Waals surface area contributed by atoms with Gasteiger partial charge in [0.05, 0.1) is 0 Å². The zero-order valence-corrected chi connectivity index (χ0v) is 4.56. The molecule has 7 heavy (non-hydrogen) atoms. The molecule has 0 nitrogen and oxygen atoms in total. The second kappa shape index (κ2) is 6.76. The quantitative estimate of drug-likeness (QED) is 0.418. The monoisotopic (exact) mass is 386 g/mol. The fraction of sp³-hybridized carbons (Fsp3) is 0. The molecule has 0 heterocycles. The molecule has 0 rings (SSSR count). The fourth-order valence-electron chi connectivity index (χ4n) is 0. The molecule has 0 aromatic heterocycles. The van der Waals surface area contributed by atoms with Gasteiger partial charge in [-0.05, 0) is 0 Å². The third-order valence-corrected chi connectivity index (χ3v) is 0. The van der Waals surface area contributed by atoms with Gasteiger partial charge in [-0.3, -0.25) is 0 Å². The Balaban J connectivity index is -0.0000000800. The predicted octanol–water partition coefficient (Wildman–Crippen LogP) is 0.384. The maximum atomic E-state index is 9.75. The zero-order valence-electron chi connectivity index (χ0n) is 2.42. The molecule has 0 saturated heterocycles. The Morgan fingerprint density at radius 2 is 0.857 bits per heavy atom. The number of hydrogen-bond donors (Lipinski definition) is 0. The van der Waals surface area contributed by atoms with Crippen molar-refractivity contribution in [3.8, 4) is 0 Å². The van der Waals surface area contributed by atoms with E-state index >= 15 is 0 Å². The second-order valence-electron chi connectivity index (χ2n) is 0.495. The van der Waals surface area contributed by atoms with Gasteiger partial charge in [-0.1, -0.05) is 0 Å². The van der Waals surface area contributed by atoms with Crippen molar-refractivity contribution in [3.63, 3.8) is 0 Å². The first-order valence-electron chi connectivity index (χ1n) is 0.873. The van der Waals surface area contributed by atoms with Crippen LogP contribution in [0, 0.1) is 38.6 Å². The molecule has 0 aliphatic rings. The molecular weight excluding hydrogens is 383 g/mol. The average Bonchev–Trinajstić information content (AvgIpc) is 0.722. The van der Waals surface area contributed by atoms with Crippen molar-refractivity contribution in [1.82, 2.24) is 0 Å². The van der Waals surface area contributed by atoms with Crippen LogP contribution < -0.4 is 0 Å². The van der Waals surface area contributed by atoms with Gasteiger partial charge >= 0.3 is 56.1 Å². The van der Waals surface area contributed by atoms with Crippen LogP contribution in [0.1, 0.15) is 0 Å². The molecule has 7 heteroatoms. The Kier molecular flexibility index (Phi) is 15.8. The summed E-state index contributed by atoms with van der Waals surface area (Å²) in [6.45, 7) is 0. The van der Waals surface area contributed by atoms with E-state index in [0.29, 0.717) is 0 Å². The fourth-order valence-corrected chi connectivity index (χ4v) is 0. The minimum absolute atomic E-state index is 0. The molecule has 0 bridgehead atoms. The molecule has 0 saturated carbocycles. The van der Waals surface area contributed by atoms with Gasteiger partial charge < -0.3 is 17.3 Å². The molecule has 1 radical (unpaired) electrons. The summed E-state index contributed by atoms with van der Waals surface area (Å²) >= 11 is 0. The Labute approximate surface area is 109 Å². The van der Waals surface area contributed by atoms with Gasteiger partial charge in [-0.15, -0.1) is 0 Å². The summed E-state index contributed by atoms with van der Waals surface area (Å²) < 4.78 is 39.0. The molecule has 0 atom stereocenters. The van der Waals surface area contributed by atoms with Gasteiger partial charge in [0.25, 0.3) is 0 Å². The van der Waals surface area contributed by atoms with Crippen molar-refractivity contribution in [2.75, 3.05) is 0 Å². The van der Waals surface area contributed by atoms with Gasteiger partial charge in [0.1, 0.15) is 0 Å². The maximum Gasteiger partial charge on any atom is 0 e. The zero-order chi connectivity index (χ0) is 4.50. The smallest absolute Gasteiger partial charge is 0 e. The molecule has 0 amide bonds. The summed E-state index contributed by atoms with van der Waals surface area (Å²) in [5.41, 5.74) is 0. The first-order chi connectivity index (χ1) is 2.00. The molecule has 0 spiro atoms. The van der Waals surface area contributed by atoms with E-state index in [9.17, 15) is 17.3 Å². The van der Waals surface area contributed by atoms with Crippen LogP contribution in [0.5, 0.6) is 0 Å². The largest absolute Gasteiger partial charge is 0 e. The topological polar surface area (TPSA) is 0 Å². The first-order valence-corrected chi connectivity index (χ1v) is 0.873. The van der Waals surface area contributed by atoms with Crippen LogP contribution in [0.4, 0.5) is 17.3 Å². The molecular formula is H2BBaF4Tb-. The predicted molar refractivity (Wildman–Crippen MR) is 18.7 cm³/mol. The van der Waals surface area contributed by atoms with Crippen LogP contribution in [0.3, 0.4) is 0 Å². The van der Waals surface area contributed by atoms with Crippen LogP contribution >= 0.6 is 0 Å². The van der Waals surface area contributed by atoms with Gasteiger partial charge in [0.15, 0.2) is 0 Å². The van der Waals surface area contributed by atoms with Crippen LogP contribution in [0.15, 0.2) is 0 Å². The normalized spacial score (nSPS) is 8.57. The Morgan fingerprint density at radius 1 is 0.857 bits per heavy atom. The summed E-state index contributed by atoms with van der Waals surface area (Å²) in [7, 11) is -6.00. The number of rotatable bonds is 0. The van der Waals surface area contributed by atoms with E-state index in [1.165, 1.54) is 0 Å². The van der Waals surface area contributed by atoms with E-state index in [2.05, 4.69) is 0 Å². The van der Waals surface area contributed by atoms with Crippen molar-refractivity contribution in [2.45, 2.75) is 0 Å². The van der Waals surface area contributed by atoms with Crippen molar-refractivity contribution in [1.29, 1.82) is 0 Å². The van der Waals surface area contributed by atoms with Gasteiger partial charge in [-0.25, -0.2) is 0 Å². The van der Waals surface area contributed by atoms with Crippen molar-refractivity contribution >= 4 is 56.1 Å². The molecule has 0 aliphatic heterocycles. The van der Waals surface area contributed by atoms with Crippen LogP contribution in [-0.4, -0.2) is 56.1 Å². The maximum absolute atomic E-state index is 9.75. The Morgan fingerprint density at radius 3 is 0.857 bits per heavy atom. The first kappa shape index (κ1) is 16.3. The average molecular weight is 385 g/mol. The minimum atomic E-state index is -6.00. The summed E-state index contributed by atoms with van der Waals surface area (Å²) in [5, 5.41) is 0. The van der Waals surface area contributed by atoms with Gasteiger partial charge in [0.2, 0.25) is 0 Å². The van der Waals surface area contributed by atoms with Crippen LogP contribution in [-0.2, 0) is 0 Å². The minimum Gasteiger partial charge on any atom is 0 e. The molecule has 0 aliphatic carbocycles. The van der Waals surface area contributed by atoms with Crippen LogP contribution in [0.25, 0.3) is 0 Å². The van der Waals surface area contributed by atoms with E-state index in [0.717, 1.165) is 0 Å². The van der Waals surface area contributed by atoms with E-state index in [4.69, 9.17) is 0 Å². The van der Waals surface area contributed by atoms with Crippen molar-refractivity contribution in [3.05, 3.63) is 0 Å². The molecule has 0 aromatic rings. The van der Waals surface area contributed by atoms with Crippen molar-refractivity contribution in [2.24, 2.45) is 0 Å². The Bertz CT molecular complexity index is 27.2. The van der Waals surface area contributed by atoms with Crippen LogP contribution in [0.2, 0.25) is 0 Å². The summed E-state index contributed by atoms with van der Waals surface area (Å²) in [4.78, 5) is 0. The van der Waals surface area contributed by atoms with Crippen molar-refractivity contribution < 1.29 is 55.9 Å². The van der Waals surface area contributed by atoms with Gasteiger partial charge in [-0.2, -0.15) is 0 Å². The molecule has 0 aromatic carbocycles. The molecule has 0 unspecified atom stereocenters. The second-order valence-corrected chi connectivity index (χ2v) is 0.495. The standard InChI is InChI=1S/BF4.Ba.Tb.2H/c2-1(3,4)5;;;;/q-1;;;;. The molecule has 0 N–H and O–H groups in total. The van der Waals surface area contributed by atoms with E-state index in [1.807, 2.05) is 0 Å². The van der Waals surface area contributed by atoms with Gasteiger partial charge in [0, 0.05) is 38.6 Å². The third kappa shape index (κ3) is 54.6. The van der Waals surface area contributed by atoms with E-state index in [-0.39, 0.29) is 87.5 Å². The third-order valence-electron chi connectivity index (χ3n) is 0. The summed E-state index contributed by atoms with van der Waals surface area (Å²) in [5.74, 6) is 0. The van der Waals surface area contributed by atoms with E-state index in [1.54, 1.807) is 0 Å². The number of halogens is 4. The molecule has 45 valence electrons. The number of hydrogen-bond acceptors (Lipinski definition) is 0. The molecule has 0 fully saturated rings. The summed E-state index contributed by atoms with van der Waals surface area (Å²) in [6, 6.07) is 0. The Hall–Kier alpha value is 2.64.